The van der Waals surface area contributed by atoms with Crippen LogP contribution in [-0.4, -0.2) is 20.7 Å². The van der Waals surface area contributed by atoms with Gasteiger partial charge in [0.2, 0.25) is 5.95 Å². The highest BCUT2D eigenvalue weighted by atomic mass is 16.5. The molecule has 0 saturated heterocycles. The second kappa shape index (κ2) is 4.85. The zero-order chi connectivity index (χ0) is 14.1. The third-order valence-corrected chi connectivity index (χ3v) is 2.92. The van der Waals surface area contributed by atoms with Crippen molar-refractivity contribution in [1.29, 1.82) is 0 Å². The van der Waals surface area contributed by atoms with Gasteiger partial charge in [-0.2, -0.15) is 4.98 Å². The smallest absolute Gasteiger partial charge is 0.240 e. The Morgan fingerprint density at radius 2 is 1.85 bits per heavy atom. The number of nitrogens with two attached hydrogens (primary N) is 1. The third kappa shape index (κ3) is 2.18. The number of rotatable bonds is 3. The summed E-state index contributed by atoms with van der Waals surface area (Å²) in [6.07, 6.45) is 1.94. The lowest BCUT2D eigenvalue weighted by molar-refractivity contribution is 0.243. The summed E-state index contributed by atoms with van der Waals surface area (Å²) >= 11 is 0. The van der Waals surface area contributed by atoms with Gasteiger partial charge in [-0.25, -0.2) is 4.52 Å². The molecule has 0 amide bonds. The quantitative estimate of drug-likeness (QED) is 0.793. The van der Waals surface area contributed by atoms with E-state index in [1.54, 1.807) is 4.52 Å². The number of anilines is 1. The van der Waals surface area contributed by atoms with Gasteiger partial charge in [-0.15, -0.1) is 5.10 Å². The van der Waals surface area contributed by atoms with Crippen molar-refractivity contribution in [2.45, 2.75) is 20.0 Å². The lowest BCUT2D eigenvalue weighted by Crippen LogP contribution is -2.06. The summed E-state index contributed by atoms with van der Waals surface area (Å²) in [5.74, 6) is 1.09. The molecule has 0 aliphatic rings. The Labute approximate surface area is 117 Å². The van der Waals surface area contributed by atoms with E-state index in [1.807, 2.05) is 56.4 Å². The second-order valence-electron chi connectivity index (χ2n) is 4.82. The van der Waals surface area contributed by atoms with Gasteiger partial charge < -0.3 is 10.5 Å². The molecule has 2 N–H and O–H groups in total. The van der Waals surface area contributed by atoms with Crippen molar-refractivity contribution >= 4 is 11.6 Å². The van der Waals surface area contributed by atoms with Crippen LogP contribution in [0.4, 0.5) is 5.95 Å². The van der Waals surface area contributed by atoms with Gasteiger partial charge in [-0.05, 0) is 32.0 Å². The zero-order valence-corrected chi connectivity index (χ0v) is 11.4. The number of hydrogen-bond acceptors (Lipinski definition) is 4. The fourth-order valence-electron chi connectivity index (χ4n) is 2.18. The molecule has 2 heterocycles. The number of ether oxygens (including phenoxy) is 1. The average molecular weight is 268 g/mol. The Balaban J connectivity index is 2.20. The van der Waals surface area contributed by atoms with Crippen LogP contribution in [0, 0.1) is 0 Å². The lowest BCUT2D eigenvalue weighted by atomic mass is 10.1. The number of nitrogens with zero attached hydrogens (tertiary/aromatic N) is 3. The van der Waals surface area contributed by atoms with Crippen LogP contribution < -0.4 is 10.5 Å². The summed E-state index contributed by atoms with van der Waals surface area (Å²) in [5, 5.41) is 4.13. The molecule has 0 saturated carbocycles. The summed E-state index contributed by atoms with van der Waals surface area (Å²) < 4.78 is 7.54. The molecule has 5 heteroatoms. The molecular formula is C15H16N4O. The van der Waals surface area contributed by atoms with Crippen LogP contribution in [-0.2, 0) is 0 Å². The van der Waals surface area contributed by atoms with E-state index in [-0.39, 0.29) is 12.1 Å². The molecule has 2 aromatic heterocycles. The van der Waals surface area contributed by atoms with Crippen LogP contribution >= 0.6 is 0 Å². The summed E-state index contributed by atoms with van der Waals surface area (Å²) in [4.78, 5) is 4.28. The first kappa shape index (κ1) is 12.5. The molecule has 0 fully saturated rings. The predicted molar refractivity (Wildman–Crippen MR) is 78.6 cm³/mol. The Morgan fingerprint density at radius 3 is 2.65 bits per heavy atom. The predicted octanol–water partition coefficient (Wildman–Crippen LogP) is 2.77. The van der Waals surface area contributed by atoms with Gasteiger partial charge in [-0.1, -0.05) is 18.2 Å². The summed E-state index contributed by atoms with van der Waals surface area (Å²) in [7, 11) is 0. The number of hydrogen-bond donors (Lipinski definition) is 1. The monoisotopic (exact) mass is 268 g/mol. The first-order valence-corrected chi connectivity index (χ1v) is 6.52. The minimum atomic E-state index is 0.110. The number of aromatic nitrogens is 3. The normalized spacial score (nSPS) is 11.2. The molecule has 0 aliphatic carbocycles. The number of fused-ring (bicyclic) bond motifs is 1. The van der Waals surface area contributed by atoms with Crippen molar-refractivity contribution in [2.75, 3.05) is 5.73 Å². The molecule has 20 heavy (non-hydrogen) atoms. The fraction of sp³-hybridized carbons (Fsp3) is 0.200. The van der Waals surface area contributed by atoms with E-state index in [0.717, 1.165) is 22.5 Å². The van der Waals surface area contributed by atoms with Gasteiger partial charge in [0.15, 0.2) is 5.65 Å². The van der Waals surface area contributed by atoms with Crippen LogP contribution in [0.5, 0.6) is 5.75 Å². The third-order valence-electron chi connectivity index (χ3n) is 2.92. The minimum absolute atomic E-state index is 0.110. The van der Waals surface area contributed by atoms with Gasteiger partial charge in [0.05, 0.1) is 6.10 Å². The molecular weight excluding hydrogens is 252 g/mol. The Kier molecular flexibility index (Phi) is 3.02. The van der Waals surface area contributed by atoms with E-state index in [2.05, 4.69) is 10.1 Å². The highest BCUT2D eigenvalue weighted by molar-refractivity contribution is 5.81. The van der Waals surface area contributed by atoms with Gasteiger partial charge >= 0.3 is 0 Å². The fourth-order valence-corrected chi connectivity index (χ4v) is 2.18. The molecule has 1 aromatic carbocycles. The van der Waals surface area contributed by atoms with Crippen LogP contribution in [0.15, 0.2) is 42.6 Å². The Bertz CT molecular complexity index is 748. The molecule has 0 radical (unpaired) electrons. The van der Waals surface area contributed by atoms with Crippen LogP contribution in [0.25, 0.3) is 16.8 Å². The number of nitrogen functional groups attached to an aromatic ring is 1. The topological polar surface area (TPSA) is 65.4 Å². The zero-order valence-electron chi connectivity index (χ0n) is 11.4. The van der Waals surface area contributed by atoms with E-state index < -0.39 is 0 Å². The van der Waals surface area contributed by atoms with Crippen molar-refractivity contribution in [3.63, 3.8) is 0 Å². The van der Waals surface area contributed by atoms with E-state index in [1.165, 1.54) is 0 Å². The van der Waals surface area contributed by atoms with E-state index in [9.17, 15) is 0 Å². The molecule has 5 nitrogen and oxygen atoms in total. The van der Waals surface area contributed by atoms with Gasteiger partial charge in [0.25, 0.3) is 0 Å². The van der Waals surface area contributed by atoms with Crippen molar-refractivity contribution in [2.24, 2.45) is 0 Å². The first-order chi connectivity index (χ1) is 9.65. The summed E-state index contributed by atoms with van der Waals surface area (Å²) in [5.41, 5.74) is 8.35. The standard InChI is InChI=1S/C15H16N4O/c1-10(2)20-13-8-4-3-6-11(13)12-7-5-9-19-14(12)17-15(16)18-19/h3-10H,1-2H3,(H2,16,18). The van der Waals surface area contributed by atoms with Gasteiger partial charge in [-0.3, -0.25) is 0 Å². The molecule has 0 spiro atoms. The van der Waals surface area contributed by atoms with Crippen LogP contribution in [0.1, 0.15) is 13.8 Å². The van der Waals surface area contributed by atoms with Crippen molar-refractivity contribution in [3.05, 3.63) is 42.6 Å². The molecule has 0 unspecified atom stereocenters. The molecule has 0 bridgehead atoms. The average Bonchev–Trinajstić information content (AvgIpc) is 2.79. The highest BCUT2D eigenvalue weighted by Gasteiger charge is 2.12. The van der Waals surface area contributed by atoms with Crippen molar-refractivity contribution < 1.29 is 4.74 Å². The maximum atomic E-state index is 5.87. The molecule has 0 aliphatic heterocycles. The van der Waals surface area contributed by atoms with E-state index in [4.69, 9.17) is 10.5 Å². The maximum absolute atomic E-state index is 5.87. The SMILES string of the molecule is CC(C)Oc1ccccc1-c1cccn2nc(N)nc12. The second-order valence-corrected chi connectivity index (χ2v) is 4.82. The van der Waals surface area contributed by atoms with Crippen molar-refractivity contribution in [1.82, 2.24) is 14.6 Å². The maximum Gasteiger partial charge on any atom is 0.240 e. The van der Waals surface area contributed by atoms with E-state index >= 15 is 0 Å². The molecule has 3 rings (SSSR count). The van der Waals surface area contributed by atoms with Gasteiger partial charge in [0.1, 0.15) is 5.75 Å². The number of benzene rings is 1. The Hall–Kier alpha value is -2.56. The lowest BCUT2D eigenvalue weighted by Gasteiger charge is -2.14. The summed E-state index contributed by atoms with van der Waals surface area (Å²) in [6.45, 7) is 4.01. The number of para-hydroxylation sites is 1. The minimum Gasteiger partial charge on any atom is -0.490 e. The highest BCUT2D eigenvalue weighted by Crippen LogP contribution is 2.32. The number of pyridine rings is 1. The van der Waals surface area contributed by atoms with Crippen LogP contribution in [0.3, 0.4) is 0 Å². The van der Waals surface area contributed by atoms with E-state index in [0.29, 0.717) is 0 Å². The molecule has 102 valence electrons. The first-order valence-electron chi connectivity index (χ1n) is 6.52. The van der Waals surface area contributed by atoms with Crippen LogP contribution in [0.2, 0.25) is 0 Å². The largest absolute Gasteiger partial charge is 0.490 e. The van der Waals surface area contributed by atoms with Crippen molar-refractivity contribution in [3.8, 4) is 16.9 Å². The van der Waals surface area contributed by atoms with Gasteiger partial charge in [0, 0.05) is 17.3 Å². The molecule has 0 atom stereocenters. The Morgan fingerprint density at radius 1 is 1.10 bits per heavy atom. The summed E-state index contributed by atoms with van der Waals surface area (Å²) in [6, 6.07) is 11.8. The molecule has 3 aromatic rings.